The maximum Gasteiger partial charge on any atom is 0.255 e. The zero-order valence-electron chi connectivity index (χ0n) is 15.4. The van der Waals surface area contributed by atoms with Gasteiger partial charge in [-0.3, -0.25) is 4.79 Å². The average Bonchev–Trinajstić information content (AvgIpc) is 2.64. The summed E-state index contributed by atoms with van der Waals surface area (Å²) in [6, 6.07) is 11.0. The summed E-state index contributed by atoms with van der Waals surface area (Å²) in [6.07, 6.45) is 0.953. The van der Waals surface area contributed by atoms with Crippen LogP contribution in [0.1, 0.15) is 30.0 Å². The number of hydrogen-bond donors (Lipinski definition) is 0. The van der Waals surface area contributed by atoms with E-state index < -0.39 is 6.10 Å². The molecule has 138 valence electrons. The molecule has 1 atom stereocenters. The van der Waals surface area contributed by atoms with Gasteiger partial charge in [0.1, 0.15) is 17.7 Å². The van der Waals surface area contributed by atoms with Crippen LogP contribution in [0.15, 0.2) is 36.4 Å². The molecule has 0 saturated carbocycles. The number of ether oxygens (including phenoxy) is 2. The topological polar surface area (TPSA) is 38.8 Å². The number of rotatable bonds is 5. The Kier molecular flexibility index (Phi) is 5.57. The molecule has 2 aromatic carbocycles. The molecular weight excluding hydrogens is 333 g/mol. The minimum Gasteiger partial charge on any atom is -0.497 e. The normalized spacial score (nSPS) is 14.7. The second-order valence-corrected chi connectivity index (χ2v) is 6.65. The van der Waals surface area contributed by atoms with Gasteiger partial charge in [-0.15, -0.1) is 0 Å². The van der Waals surface area contributed by atoms with Gasteiger partial charge in [-0.1, -0.05) is 18.2 Å². The molecule has 4 nitrogen and oxygen atoms in total. The SMILES string of the molecule is COc1cccc(COC(C)C(=O)N2CCCc3cc(C)cc(F)c32)c1. The first-order chi connectivity index (χ1) is 12.5. The van der Waals surface area contributed by atoms with Crippen LogP contribution < -0.4 is 9.64 Å². The molecule has 0 radical (unpaired) electrons. The minimum atomic E-state index is -0.659. The summed E-state index contributed by atoms with van der Waals surface area (Å²) in [6.45, 7) is 4.38. The van der Waals surface area contributed by atoms with Crippen LogP contribution >= 0.6 is 0 Å². The zero-order valence-corrected chi connectivity index (χ0v) is 15.4. The van der Waals surface area contributed by atoms with Gasteiger partial charge in [0.15, 0.2) is 0 Å². The largest absolute Gasteiger partial charge is 0.497 e. The third kappa shape index (κ3) is 3.88. The first kappa shape index (κ1) is 18.4. The third-order valence-corrected chi connectivity index (χ3v) is 4.63. The number of amides is 1. The molecule has 0 fully saturated rings. The first-order valence-corrected chi connectivity index (χ1v) is 8.84. The number of nitrogens with zero attached hydrogens (tertiary/aromatic N) is 1. The van der Waals surface area contributed by atoms with Crippen molar-refractivity contribution in [1.29, 1.82) is 0 Å². The second-order valence-electron chi connectivity index (χ2n) is 6.65. The van der Waals surface area contributed by atoms with Gasteiger partial charge in [0.2, 0.25) is 0 Å². The standard InChI is InChI=1S/C21H24FNO3/c1-14-10-17-7-5-9-23(20(17)19(22)11-14)21(24)15(2)26-13-16-6-4-8-18(12-16)25-3/h4,6,8,10-12,15H,5,7,9,13H2,1-3H3. The summed E-state index contributed by atoms with van der Waals surface area (Å²) in [5.74, 6) is 0.192. The molecule has 0 aliphatic carbocycles. The maximum absolute atomic E-state index is 14.5. The summed E-state index contributed by atoms with van der Waals surface area (Å²) in [5, 5.41) is 0. The van der Waals surface area contributed by atoms with Crippen molar-refractivity contribution in [1.82, 2.24) is 0 Å². The number of fused-ring (bicyclic) bond motifs is 1. The molecule has 2 aromatic rings. The van der Waals surface area contributed by atoms with Crippen LogP contribution in [-0.4, -0.2) is 25.7 Å². The highest BCUT2D eigenvalue weighted by molar-refractivity contribution is 5.97. The highest BCUT2D eigenvalue weighted by Gasteiger charge is 2.29. The van der Waals surface area contributed by atoms with Crippen LogP contribution in [-0.2, 0) is 22.6 Å². The first-order valence-electron chi connectivity index (χ1n) is 8.84. The summed E-state index contributed by atoms with van der Waals surface area (Å²) in [4.78, 5) is 14.4. The maximum atomic E-state index is 14.5. The van der Waals surface area contributed by atoms with Gasteiger partial charge in [0, 0.05) is 6.54 Å². The molecule has 0 N–H and O–H groups in total. The zero-order chi connectivity index (χ0) is 18.7. The lowest BCUT2D eigenvalue weighted by atomic mass is 9.98. The van der Waals surface area contributed by atoms with Crippen LogP contribution in [0, 0.1) is 12.7 Å². The van der Waals surface area contributed by atoms with Crippen molar-refractivity contribution in [2.45, 2.75) is 39.4 Å². The Hall–Kier alpha value is -2.40. The summed E-state index contributed by atoms with van der Waals surface area (Å²) < 4.78 is 25.4. The summed E-state index contributed by atoms with van der Waals surface area (Å²) in [7, 11) is 1.61. The Morgan fingerprint density at radius 3 is 2.88 bits per heavy atom. The number of benzene rings is 2. The van der Waals surface area contributed by atoms with Crippen LogP contribution in [0.3, 0.4) is 0 Å². The van der Waals surface area contributed by atoms with Crippen molar-refractivity contribution in [2.24, 2.45) is 0 Å². The van der Waals surface area contributed by atoms with Crippen molar-refractivity contribution >= 4 is 11.6 Å². The van der Waals surface area contributed by atoms with Gasteiger partial charge >= 0.3 is 0 Å². The van der Waals surface area contributed by atoms with E-state index >= 15 is 0 Å². The summed E-state index contributed by atoms with van der Waals surface area (Å²) in [5.41, 5.74) is 3.09. The van der Waals surface area contributed by atoms with E-state index in [1.807, 2.05) is 37.3 Å². The summed E-state index contributed by atoms with van der Waals surface area (Å²) >= 11 is 0. The fraction of sp³-hybridized carbons (Fsp3) is 0.381. The molecule has 1 unspecified atom stereocenters. The van der Waals surface area contributed by atoms with Gasteiger partial charge in [0.05, 0.1) is 19.4 Å². The van der Waals surface area contributed by atoms with Crippen molar-refractivity contribution in [2.75, 3.05) is 18.6 Å². The monoisotopic (exact) mass is 357 g/mol. The molecule has 1 aliphatic heterocycles. The number of hydrogen-bond acceptors (Lipinski definition) is 3. The molecule has 0 saturated heterocycles. The number of anilines is 1. The quantitative estimate of drug-likeness (QED) is 0.811. The molecule has 1 amide bonds. The lowest BCUT2D eigenvalue weighted by molar-refractivity contribution is -0.129. The molecule has 5 heteroatoms. The number of aryl methyl sites for hydroxylation is 2. The fourth-order valence-electron chi connectivity index (χ4n) is 3.33. The Morgan fingerprint density at radius 1 is 1.31 bits per heavy atom. The lowest BCUT2D eigenvalue weighted by Gasteiger charge is -2.32. The van der Waals surface area contributed by atoms with E-state index in [2.05, 4.69) is 0 Å². The van der Waals surface area contributed by atoms with Crippen LogP contribution in [0.4, 0.5) is 10.1 Å². The van der Waals surface area contributed by atoms with E-state index in [1.54, 1.807) is 14.0 Å². The number of methoxy groups -OCH3 is 1. The fourth-order valence-corrected chi connectivity index (χ4v) is 3.33. The van der Waals surface area contributed by atoms with E-state index in [0.29, 0.717) is 18.8 Å². The van der Waals surface area contributed by atoms with E-state index in [-0.39, 0.29) is 11.7 Å². The number of halogens is 1. The van der Waals surface area contributed by atoms with E-state index in [1.165, 1.54) is 11.0 Å². The Bertz CT molecular complexity index is 806. The van der Waals surface area contributed by atoms with Crippen molar-refractivity contribution < 1.29 is 18.7 Å². The van der Waals surface area contributed by atoms with Gasteiger partial charge in [-0.25, -0.2) is 4.39 Å². The smallest absolute Gasteiger partial charge is 0.255 e. The second kappa shape index (κ2) is 7.87. The molecule has 26 heavy (non-hydrogen) atoms. The lowest BCUT2D eigenvalue weighted by Crippen LogP contribution is -2.42. The van der Waals surface area contributed by atoms with Gasteiger partial charge in [-0.2, -0.15) is 0 Å². The molecule has 0 bridgehead atoms. The molecule has 3 rings (SSSR count). The van der Waals surface area contributed by atoms with Gasteiger partial charge in [-0.05, 0) is 61.6 Å². The van der Waals surface area contributed by atoms with Crippen LogP contribution in [0.25, 0.3) is 0 Å². The van der Waals surface area contributed by atoms with Crippen molar-refractivity contribution in [3.05, 3.63) is 58.9 Å². The van der Waals surface area contributed by atoms with Crippen molar-refractivity contribution in [3.63, 3.8) is 0 Å². The van der Waals surface area contributed by atoms with Gasteiger partial charge in [0.25, 0.3) is 5.91 Å². The Balaban J connectivity index is 1.71. The van der Waals surface area contributed by atoms with Crippen molar-refractivity contribution in [3.8, 4) is 5.75 Å². The number of carbonyl (C=O) groups is 1. The predicted octanol–water partition coefficient (Wildman–Crippen LogP) is 4.03. The average molecular weight is 357 g/mol. The Labute approximate surface area is 153 Å². The molecule has 1 heterocycles. The van der Waals surface area contributed by atoms with E-state index in [0.717, 1.165) is 35.3 Å². The predicted molar refractivity (Wildman–Crippen MR) is 99.1 cm³/mol. The minimum absolute atomic E-state index is 0.211. The molecule has 0 aromatic heterocycles. The molecule has 1 aliphatic rings. The van der Waals surface area contributed by atoms with E-state index in [9.17, 15) is 9.18 Å². The molecular formula is C21H24FNO3. The third-order valence-electron chi connectivity index (χ3n) is 4.63. The van der Waals surface area contributed by atoms with Crippen LogP contribution in [0.2, 0.25) is 0 Å². The number of carbonyl (C=O) groups excluding carboxylic acids is 1. The van der Waals surface area contributed by atoms with Crippen LogP contribution in [0.5, 0.6) is 5.75 Å². The Morgan fingerprint density at radius 2 is 2.12 bits per heavy atom. The highest BCUT2D eigenvalue weighted by Crippen LogP contribution is 2.32. The highest BCUT2D eigenvalue weighted by atomic mass is 19.1. The van der Waals surface area contributed by atoms with Gasteiger partial charge < -0.3 is 14.4 Å². The molecule has 0 spiro atoms. The van der Waals surface area contributed by atoms with E-state index in [4.69, 9.17) is 9.47 Å².